The molecule has 1 aliphatic rings. The van der Waals surface area contributed by atoms with Gasteiger partial charge in [0.1, 0.15) is 5.54 Å². The van der Waals surface area contributed by atoms with Crippen molar-refractivity contribution in [3.8, 4) is 6.07 Å². The molecule has 1 aromatic rings. The Balaban J connectivity index is 1.83. The van der Waals surface area contributed by atoms with Gasteiger partial charge in [-0.2, -0.15) is 5.26 Å². The Morgan fingerprint density at radius 1 is 1.50 bits per heavy atom. The second-order valence-electron chi connectivity index (χ2n) is 4.89. The van der Waals surface area contributed by atoms with Crippen molar-refractivity contribution in [3.05, 3.63) is 28.7 Å². The molecule has 0 aliphatic heterocycles. The maximum absolute atomic E-state index is 9.28. The monoisotopic (exact) mass is 324 g/mol. The van der Waals surface area contributed by atoms with E-state index in [4.69, 9.17) is 0 Å². The molecular weight excluding hydrogens is 308 g/mol. The van der Waals surface area contributed by atoms with Crippen LogP contribution in [0.25, 0.3) is 0 Å². The molecule has 0 heterocycles. The van der Waals surface area contributed by atoms with Gasteiger partial charge >= 0.3 is 0 Å². The first-order valence-corrected chi connectivity index (χ1v) is 7.97. The first-order chi connectivity index (χ1) is 8.63. The van der Waals surface area contributed by atoms with Gasteiger partial charge in [-0.3, -0.25) is 5.32 Å². The molecule has 0 radical (unpaired) electrons. The highest BCUT2D eigenvalue weighted by atomic mass is 79.9. The Labute approximate surface area is 121 Å². The van der Waals surface area contributed by atoms with E-state index < -0.39 is 0 Å². The fraction of sp³-hybridized carbons (Fsp3) is 0.500. The van der Waals surface area contributed by atoms with E-state index in [9.17, 15) is 5.26 Å². The molecular formula is C14H17BrN2S. The first-order valence-electron chi connectivity index (χ1n) is 6.19. The van der Waals surface area contributed by atoms with Crippen molar-refractivity contribution in [2.75, 3.05) is 5.75 Å². The third-order valence-corrected chi connectivity index (χ3v) is 5.07. The predicted octanol–water partition coefficient (Wildman–Crippen LogP) is 3.97. The Bertz CT molecular complexity index is 453. The summed E-state index contributed by atoms with van der Waals surface area (Å²) in [4.78, 5) is 1.24. The van der Waals surface area contributed by atoms with Crippen LogP contribution in [0.15, 0.2) is 33.6 Å². The average Bonchev–Trinajstić information content (AvgIpc) is 3.15. The van der Waals surface area contributed by atoms with E-state index in [1.807, 2.05) is 25.1 Å². The van der Waals surface area contributed by atoms with Crippen molar-refractivity contribution >= 4 is 27.7 Å². The van der Waals surface area contributed by atoms with Crippen LogP contribution >= 0.6 is 27.7 Å². The Morgan fingerprint density at radius 3 is 2.83 bits per heavy atom. The predicted molar refractivity (Wildman–Crippen MR) is 79.7 cm³/mol. The van der Waals surface area contributed by atoms with E-state index in [0.29, 0.717) is 6.04 Å². The molecule has 2 rings (SSSR count). The van der Waals surface area contributed by atoms with Crippen LogP contribution in [0, 0.1) is 11.3 Å². The van der Waals surface area contributed by atoms with Crippen molar-refractivity contribution in [1.29, 1.82) is 5.26 Å². The summed E-state index contributed by atoms with van der Waals surface area (Å²) in [6.45, 7) is 2.01. The minimum absolute atomic E-state index is 0.380. The van der Waals surface area contributed by atoms with Crippen LogP contribution in [0.5, 0.6) is 0 Å². The largest absolute Gasteiger partial charge is 0.297 e. The molecule has 1 atom stereocenters. The van der Waals surface area contributed by atoms with Crippen LogP contribution in [-0.2, 0) is 0 Å². The molecule has 1 N–H and O–H groups in total. The molecule has 0 aromatic heterocycles. The van der Waals surface area contributed by atoms with Gasteiger partial charge in [-0.15, -0.1) is 11.8 Å². The van der Waals surface area contributed by atoms with Crippen molar-refractivity contribution in [3.63, 3.8) is 0 Å². The highest BCUT2D eigenvalue weighted by molar-refractivity contribution is 9.10. The van der Waals surface area contributed by atoms with Crippen molar-refractivity contribution < 1.29 is 0 Å². The number of hydrogen-bond acceptors (Lipinski definition) is 3. The zero-order chi connectivity index (χ0) is 13.0. The van der Waals surface area contributed by atoms with Gasteiger partial charge in [-0.25, -0.2) is 0 Å². The molecule has 0 bridgehead atoms. The van der Waals surface area contributed by atoms with Gasteiger partial charge < -0.3 is 0 Å². The lowest BCUT2D eigenvalue weighted by molar-refractivity contribution is 0.434. The van der Waals surface area contributed by atoms with E-state index in [2.05, 4.69) is 33.4 Å². The van der Waals surface area contributed by atoms with Gasteiger partial charge in [-0.05, 0) is 54.2 Å². The van der Waals surface area contributed by atoms with Gasteiger partial charge in [-0.1, -0.05) is 12.1 Å². The highest BCUT2D eigenvalue weighted by Crippen LogP contribution is 2.30. The summed E-state index contributed by atoms with van der Waals surface area (Å²) in [5, 5.41) is 12.7. The lowest BCUT2D eigenvalue weighted by atomic mass is 10.0. The van der Waals surface area contributed by atoms with Crippen LogP contribution in [0.2, 0.25) is 0 Å². The van der Waals surface area contributed by atoms with Gasteiger partial charge in [0, 0.05) is 21.2 Å². The summed E-state index contributed by atoms with van der Waals surface area (Å²) in [6.07, 6.45) is 3.30. The third-order valence-electron chi connectivity index (χ3n) is 3.04. The zero-order valence-electron chi connectivity index (χ0n) is 10.4. The SMILES string of the molecule is CC(C#N)(CCSc1ccccc1Br)NC1CC1. The summed E-state index contributed by atoms with van der Waals surface area (Å²) < 4.78 is 1.13. The summed E-state index contributed by atoms with van der Waals surface area (Å²) in [5.74, 6) is 0.951. The molecule has 0 amide bonds. The number of nitriles is 1. The fourth-order valence-corrected chi connectivity index (χ4v) is 3.50. The van der Waals surface area contributed by atoms with E-state index in [1.165, 1.54) is 17.7 Å². The highest BCUT2D eigenvalue weighted by Gasteiger charge is 2.32. The molecule has 1 aliphatic carbocycles. The maximum Gasteiger partial charge on any atom is 0.104 e. The van der Waals surface area contributed by atoms with Crippen LogP contribution in [0.4, 0.5) is 0 Å². The fourth-order valence-electron chi connectivity index (χ4n) is 1.77. The van der Waals surface area contributed by atoms with Crippen molar-refractivity contribution in [2.24, 2.45) is 0 Å². The number of hydrogen-bond donors (Lipinski definition) is 1. The molecule has 0 spiro atoms. The van der Waals surface area contributed by atoms with Gasteiger partial charge in [0.25, 0.3) is 0 Å². The molecule has 1 fully saturated rings. The summed E-state index contributed by atoms with van der Waals surface area (Å²) in [7, 11) is 0. The Kier molecular flexibility index (Phi) is 4.71. The maximum atomic E-state index is 9.28. The third kappa shape index (κ3) is 4.01. The number of halogens is 1. The molecule has 18 heavy (non-hydrogen) atoms. The number of nitrogens with one attached hydrogen (secondary N) is 1. The van der Waals surface area contributed by atoms with E-state index in [0.717, 1.165) is 16.6 Å². The topological polar surface area (TPSA) is 35.8 Å². The van der Waals surface area contributed by atoms with Gasteiger partial charge in [0.2, 0.25) is 0 Å². The van der Waals surface area contributed by atoms with E-state index >= 15 is 0 Å². The number of rotatable bonds is 6. The Morgan fingerprint density at radius 2 is 2.22 bits per heavy atom. The molecule has 1 saturated carbocycles. The van der Waals surface area contributed by atoms with Gasteiger partial charge in [0.15, 0.2) is 0 Å². The number of nitrogens with zero attached hydrogens (tertiary/aromatic N) is 1. The van der Waals surface area contributed by atoms with Crippen molar-refractivity contribution in [1.82, 2.24) is 5.32 Å². The first kappa shape index (κ1) is 13.9. The smallest absolute Gasteiger partial charge is 0.104 e. The van der Waals surface area contributed by atoms with Crippen molar-refractivity contribution in [2.45, 2.75) is 42.7 Å². The Hall–Kier alpha value is -0.500. The average molecular weight is 325 g/mol. The molecule has 1 unspecified atom stereocenters. The molecule has 0 saturated heterocycles. The second-order valence-corrected chi connectivity index (χ2v) is 6.88. The summed E-state index contributed by atoms with van der Waals surface area (Å²) >= 11 is 5.34. The molecule has 1 aromatic carbocycles. The lowest BCUT2D eigenvalue weighted by Crippen LogP contribution is -2.42. The minimum Gasteiger partial charge on any atom is -0.297 e. The van der Waals surface area contributed by atoms with Gasteiger partial charge in [0.05, 0.1) is 6.07 Å². The normalized spacial score (nSPS) is 18.1. The minimum atomic E-state index is -0.380. The second kappa shape index (κ2) is 6.10. The summed E-state index contributed by atoms with van der Waals surface area (Å²) in [6, 6.07) is 11.2. The van der Waals surface area contributed by atoms with E-state index in [-0.39, 0.29) is 5.54 Å². The van der Waals surface area contributed by atoms with Crippen LogP contribution in [-0.4, -0.2) is 17.3 Å². The van der Waals surface area contributed by atoms with Crippen LogP contribution < -0.4 is 5.32 Å². The number of benzene rings is 1. The van der Waals surface area contributed by atoms with E-state index in [1.54, 1.807) is 11.8 Å². The molecule has 2 nitrogen and oxygen atoms in total. The molecule has 96 valence electrons. The zero-order valence-corrected chi connectivity index (χ0v) is 12.9. The van der Waals surface area contributed by atoms with Crippen LogP contribution in [0.3, 0.4) is 0 Å². The number of thioether (sulfide) groups is 1. The summed E-state index contributed by atoms with van der Waals surface area (Å²) in [5.41, 5.74) is -0.380. The van der Waals surface area contributed by atoms with Crippen LogP contribution in [0.1, 0.15) is 26.2 Å². The molecule has 4 heteroatoms. The quantitative estimate of drug-likeness (QED) is 0.804. The standard InChI is InChI=1S/C14H17BrN2S/c1-14(10-16,17-11-6-7-11)8-9-18-13-5-3-2-4-12(13)15/h2-5,11,17H,6-9H2,1H3. The lowest BCUT2D eigenvalue weighted by Gasteiger charge is -2.23.